The van der Waals surface area contributed by atoms with Gasteiger partial charge in [-0.2, -0.15) is 0 Å². The second-order valence-electron chi connectivity index (χ2n) is 9.45. The third-order valence-corrected chi connectivity index (χ3v) is 8.86. The molecule has 3 aromatic rings. The molecule has 1 unspecified atom stereocenters. The monoisotopic (exact) mass is 626 g/mol. The summed E-state index contributed by atoms with van der Waals surface area (Å²) in [6, 6.07) is 13.8. The molecule has 0 bridgehead atoms. The molecule has 206 valence electrons. The van der Waals surface area contributed by atoms with Crippen LogP contribution in [0.25, 0.3) is 11.1 Å². The van der Waals surface area contributed by atoms with Crippen molar-refractivity contribution in [2.24, 2.45) is 0 Å². The summed E-state index contributed by atoms with van der Waals surface area (Å²) in [6.45, 7) is -0.0856. The van der Waals surface area contributed by atoms with Crippen molar-refractivity contribution in [1.82, 2.24) is 9.71 Å². The molecular weight excluding hydrogens is 602 g/mol. The van der Waals surface area contributed by atoms with E-state index in [4.69, 9.17) is 4.74 Å². The van der Waals surface area contributed by atoms with E-state index in [0.29, 0.717) is 17.9 Å². The molecule has 1 amide bonds. The molecule has 0 fully saturated rings. The zero-order chi connectivity index (χ0) is 28.3. The van der Waals surface area contributed by atoms with Crippen molar-refractivity contribution >= 4 is 43.0 Å². The van der Waals surface area contributed by atoms with E-state index in [1.807, 2.05) is 12.1 Å². The fraction of sp³-hybridized carbons (Fsp3) is 0.200. The van der Waals surface area contributed by atoms with Gasteiger partial charge in [0.1, 0.15) is 34.9 Å². The lowest BCUT2D eigenvalue weighted by Crippen LogP contribution is -2.38. The maximum Gasteiger partial charge on any atom is 0.283 e. The van der Waals surface area contributed by atoms with Crippen molar-refractivity contribution in [3.63, 3.8) is 0 Å². The summed E-state index contributed by atoms with van der Waals surface area (Å²) in [4.78, 5) is 17.4. The Bertz CT molecular complexity index is 1670. The van der Waals surface area contributed by atoms with Crippen LogP contribution in [0.1, 0.15) is 53.0 Å². The number of allylic oxidation sites excluding steroid dienone is 5. The van der Waals surface area contributed by atoms with Crippen molar-refractivity contribution in [3.05, 3.63) is 118 Å². The fourth-order valence-corrected chi connectivity index (χ4v) is 6.29. The number of hydrogen-bond donors (Lipinski definition) is 1. The molecule has 0 radical (unpaired) electrons. The topological polar surface area (TPSA) is 85.4 Å². The number of ether oxygens (including phenoxy) is 1. The number of benzene rings is 2. The average Bonchev–Trinajstić information content (AvgIpc) is 3.43. The van der Waals surface area contributed by atoms with E-state index >= 15 is 0 Å². The van der Waals surface area contributed by atoms with Crippen molar-refractivity contribution in [3.8, 4) is 5.75 Å². The Balaban J connectivity index is 1.42. The highest BCUT2D eigenvalue weighted by molar-refractivity contribution is 9.10. The Labute approximate surface area is 239 Å². The molecule has 0 aliphatic heterocycles. The quantitative estimate of drug-likeness (QED) is 0.299. The van der Waals surface area contributed by atoms with Gasteiger partial charge in [0.05, 0.1) is 5.69 Å². The Morgan fingerprint density at radius 1 is 1.05 bits per heavy atom. The van der Waals surface area contributed by atoms with Gasteiger partial charge in [0.25, 0.3) is 5.91 Å². The molecule has 40 heavy (non-hydrogen) atoms. The molecule has 1 heterocycles. The number of pyridine rings is 1. The van der Waals surface area contributed by atoms with Crippen LogP contribution in [0, 0.1) is 11.6 Å². The Hall–Kier alpha value is -3.63. The van der Waals surface area contributed by atoms with Crippen molar-refractivity contribution < 1.29 is 26.7 Å². The van der Waals surface area contributed by atoms with Crippen LogP contribution >= 0.6 is 15.9 Å². The normalized spacial score (nSPS) is 16.8. The van der Waals surface area contributed by atoms with E-state index < -0.39 is 32.8 Å². The van der Waals surface area contributed by atoms with Crippen molar-refractivity contribution in [1.29, 1.82) is 0 Å². The molecule has 6 nitrogen and oxygen atoms in total. The molecule has 2 aliphatic carbocycles. The maximum atomic E-state index is 14.2. The zero-order valence-corrected chi connectivity index (χ0v) is 23.6. The highest BCUT2D eigenvalue weighted by atomic mass is 79.9. The van der Waals surface area contributed by atoms with Crippen LogP contribution < -0.4 is 9.46 Å². The number of carbonyl (C=O) groups excluding carboxylic acids is 1. The Kier molecular flexibility index (Phi) is 8.27. The van der Waals surface area contributed by atoms with Gasteiger partial charge >= 0.3 is 0 Å². The minimum atomic E-state index is -3.92. The second kappa shape index (κ2) is 11.9. The molecule has 10 heteroatoms. The highest BCUT2D eigenvalue weighted by Crippen LogP contribution is 2.43. The first kappa shape index (κ1) is 27.9. The van der Waals surface area contributed by atoms with Crippen LogP contribution in [-0.4, -0.2) is 24.6 Å². The lowest BCUT2D eigenvalue weighted by molar-refractivity contribution is 0.0976. The number of nitrogens with zero attached hydrogens (tertiary/aromatic N) is 1. The van der Waals surface area contributed by atoms with Gasteiger partial charge in [-0.05, 0) is 79.3 Å². The lowest BCUT2D eigenvalue weighted by atomic mass is 9.99. The summed E-state index contributed by atoms with van der Waals surface area (Å²) in [5.74, 6) is -1.61. The summed E-state index contributed by atoms with van der Waals surface area (Å²) in [7, 11) is -3.92. The van der Waals surface area contributed by atoms with Crippen LogP contribution in [0.15, 0.2) is 83.4 Å². The largest absolute Gasteiger partial charge is 0.488 e. The molecule has 1 N–H and O–H groups in total. The number of aromatic nitrogens is 1. The minimum absolute atomic E-state index is 0.00680. The summed E-state index contributed by atoms with van der Waals surface area (Å²) >= 11 is 3.51. The molecule has 0 spiro atoms. The second-order valence-corrected chi connectivity index (χ2v) is 12.3. The number of rotatable bonds is 8. The van der Waals surface area contributed by atoms with E-state index in [1.165, 1.54) is 24.3 Å². The Morgan fingerprint density at radius 3 is 2.65 bits per heavy atom. The predicted octanol–water partition coefficient (Wildman–Crippen LogP) is 6.74. The molecule has 2 aromatic carbocycles. The van der Waals surface area contributed by atoms with Gasteiger partial charge in [-0.1, -0.05) is 46.3 Å². The number of carbonyl (C=O) groups is 1. The van der Waals surface area contributed by atoms with Gasteiger partial charge in [-0.25, -0.2) is 26.9 Å². The molecule has 1 aromatic heterocycles. The van der Waals surface area contributed by atoms with Crippen molar-refractivity contribution in [2.45, 2.75) is 37.5 Å². The lowest BCUT2D eigenvalue weighted by Gasteiger charge is -2.16. The van der Waals surface area contributed by atoms with Crippen LogP contribution in [0.5, 0.6) is 5.75 Å². The first-order valence-corrected chi connectivity index (χ1v) is 15.0. The summed E-state index contributed by atoms with van der Waals surface area (Å²) in [5.41, 5.74) is 3.45. The van der Waals surface area contributed by atoms with Gasteiger partial charge in [0.2, 0.25) is 10.0 Å². The number of halogens is 3. The number of sulfonamides is 1. The fourth-order valence-electron chi connectivity index (χ4n) is 4.76. The average molecular weight is 628 g/mol. The summed E-state index contributed by atoms with van der Waals surface area (Å²) in [5, 5.41) is -0.827. The smallest absolute Gasteiger partial charge is 0.283 e. The summed E-state index contributed by atoms with van der Waals surface area (Å²) < 4.78 is 61.9. The molecule has 0 saturated carbocycles. The standard InChI is InChI=1S/C30H25BrF2N2O4S/c31-20-13-15-29(39-18-19-12-14-21(32)17-26(19)33)25(16-20)23-8-4-9-24(23)27-10-5-11-28(34-27)30(36)35-40(37,38)22-6-2-1-3-7-22/h1-3,5-6,10-17,22H,4,7-9,18H2,(H,35,36). The van der Waals surface area contributed by atoms with E-state index in [2.05, 4.69) is 25.6 Å². The minimum Gasteiger partial charge on any atom is -0.488 e. The van der Waals surface area contributed by atoms with E-state index in [0.717, 1.165) is 40.1 Å². The van der Waals surface area contributed by atoms with Gasteiger partial charge < -0.3 is 4.74 Å². The maximum absolute atomic E-state index is 14.2. The SMILES string of the molecule is O=C(NS(=O)(=O)C1C=CC=CC1)c1cccc(C2=C(c3cc(Br)ccc3OCc3ccc(F)cc3F)CCC2)n1. The molecule has 1 atom stereocenters. The highest BCUT2D eigenvalue weighted by Gasteiger charge is 2.27. The molecule has 5 rings (SSSR count). The number of nitrogens with one attached hydrogen (secondary N) is 1. The summed E-state index contributed by atoms with van der Waals surface area (Å²) in [6.07, 6.45) is 9.22. The van der Waals surface area contributed by atoms with Crippen LogP contribution in [0.2, 0.25) is 0 Å². The number of hydrogen-bond acceptors (Lipinski definition) is 5. The zero-order valence-electron chi connectivity index (χ0n) is 21.2. The number of amides is 1. The predicted molar refractivity (Wildman–Crippen MR) is 153 cm³/mol. The van der Waals surface area contributed by atoms with Gasteiger partial charge in [-0.3, -0.25) is 4.79 Å². The first-order valence-electron chi connectivity index (χ1n) is 12.7. The van der Waals surface area contributed by atoms with Crippen LogP contribution in [0.3, 0.4) is 0 Å². The van der Waals surface area contributed by atoms with Gasteiger partial charge in [-0.15, -0.1) is 0 Å². The van der Waals surface area contributed by atoms with Gasteiger partial charge in [0.15, 0.2) is 0 Å². The van der Waals surface area contributed by atoms with Crippen LogP contribution in [0.4, 0.5) is 8.78 Å². The van der Waals surface area contributed by atoms with E-state index in [9.17, 15) is 22.0 Å². The van der Waals surface area contributed by atoms with Crippen molar-refractivity contribution in [2.75, 3.05) is 0 Å². The molecular formula is C30H25BrF2N2O4S. The van der Waals surface area contributed by atoms with E-state index in [-0.39, 0.29) is 24.3 Å². The molecule has 0 saturated heterocycles. The molecule has 2 aliphatic rings. The first-order chi connectivity index (χ1) is 19.2. The Morgan fingerprint density at radius 2 is 1.88 bits per heavy atom. The van der Waals surface area contributed by atoms with E-state index in [1.54, 1.807) is 36.4 Å². The third kappa shape index (κ3) is 6.23. The third-order valence-electron chi connectivity index (χ3n) is 6.75. The van der Waals surface area contributed by atoms with Crippen LogP contribution in [-0.2, 0) is 16.6 Å². The van der Waals surface area contributed by atoms with Gasteiger partial charge in [0, 0.05) is 21.7 Å².